The summed E-state index contributed by atoms with van der Waals surface area (Å²) in [5.74, 6) is 0. The first-order valence-electron chi connectivity index (χ1n) is 6.08. The molecule has 0 unspecified atom stereocenters. The number of hydrazone groups is 1. The topological polar surface area (TPSA) is 67.5 Å². The van der Waals surface area contributed by atoms with E-state index in [1.807, 2.05) is 0 Å². The Balaban J connectivity index is 2.21. The molecule has 0 fully saturated rings. The standard InChI is InChI=1S/C14H10Cl3N3O2/c1-8(9-2-4-11(5-3-9)20(21)22)18-19-14-12(16)6-10(15)7-13(14)17/h2-7,19H,1H3. The molecule has 0 aliphatic carbocycles. The number of non-ortho nitro benzene ring substituents is 1. The highest BCUT2D eigenvalue weighted by atomic mass is 35.5. The summed E-state index contributed by atoms with van der Waals surface area (Å²) >= 11 is 17.9. The van der Waals surface area contributed by atoms with E-state index in [9.17, 15) is 10.1 Å². The van der Waals surface area contributed by atoms with Crippen LogP contribution in [0.5, 0.6) is 0 Å². The lowest BCUT2D eigenvalue weighted by Crippen LogP contribution is -2.01. The lowest BCUT2D eigenvalue weighted by molar-refractivity contribution is -0.384. The Labute approximate surface area is 141 Å². The van der Waals surface area contributed by atoms with Crippen molar-refractivity contribution < 1.29 is 4.92 Å². The molecule has 5 nitrogen and oxygen atoms in total. The van der Waals surface area contributed by atoms with E-state index >= 15 is 0 Å². The van der Waals surface area contributed by atoms with Crippen LogP contribution in [0.2, 0.25) is 15.1 Å². The van der Waals surface area contributed by atoms with Gasteiger partial charge >= 0.3 is 0 Å². The van der Waals surface area contributed by atoms with Crippen LogP contribution in [0.1, 0.15) is 12.5 Å². The molecule has 2 aromatic carbocycles. The van der Waals surface area contributed by atoms with E-state index < -0.39 is 4.92 Å². The predicted octanol–water partition coefficient (Wildman–Crippen LogP) is 5.39. The van der Waals surface area contributed by atoms with Crippen LogP contribution in [-0.2, 0) is 0 Å². The minimum absolute atomic E-state index is 0.0216. The van der Waals surface area contributed by atoms with Gasteiger partial charge in [0.1, 0.15) is 0 Å². The van der Waals surface area contributed by atoms with E-state index in [-0.39, 0.29) is 5.69 Å². The summed E-state index contributed by atoms with van der Waals surface area (Å²) in [5.41, 5.74) is 4.59. The molecule has 0 bridgehead atoms. The third-order valence-corrected chi connectivity index (χ3v) is 3.65. The summed E-state index contributed by atoms with van der Waals surface area (Å²) in [6.07, 6.45) is 0. The summed E-state index contributed by atoms with van der Waals surface area (Å²) in [4.78, 5) is 10.2. The summed E-state index contributed by atoms with van der Waals surface area (Å²) in [6.45, 7) is 1.76. The highest BCUT2D eigenvalue weighted by Crippen LogP contribution is 2.33. The van der Waals surface area contributed by atoms with Gasteiger partial charge in [-0.2, -0.15) is 5.10 Å². The number of hydrogen-bond donors (Lipinski definition) is 1. The maximum atomic E-state index is 10.6. The van der Waals surface area contributed by atoms with Crippen molar-refractivity contribution in [3.8, 4) is 0 Å². The molecule has 2 aromatic rings. The van der Waals surface area contributed by atoms with E-state index in [0.29, 0.717) is 26.5 Å². The molecule has 0 heterocycles. The van der Waals surface area contributed by atoms with Crippen LogP contribution in [0.15, 0.2) is 41.5 Å². The third-order valence-electron chi connectivity index (χ3n) is 2.84. The van der Waals surface area contributed by atoms with Crippen molar-refractivity contribution in [2.45, 2.75) is 6.92 Å². The molecule has 0 aromatic heterocycles. The average Bonchev–Trinajstić information content (AvgIpc) is 2.46. The molecule has 0 aliphatic rings. The first-order valence-corrected chi connectivity index (χ1v) is 7.21. The number of nitro groups is 1. The third kappa shape index (κ3) is 3.88. The minimum atomic E-state index is -0.457. The van der Waals surface area contributed by atoms with Crippen LogP contribution in [0, 0.1) is 10.1 Å². The van der Waals surface area contributed by atoms with Crippen molar-refractivity contribution in [3.63, 3.8) is 0 Å². The SMILES string of the molecule is CC(=NNc1c(Cl)cc(Cl)cc1Cl)c1ccc([N+](=O)[O-])cc1. The molecule has 0 spiro atoms. The molecule has 0 saturated carbocycles. The van der Waals surface area contributed by atoms with Gasteiger partial charge in [0.2, 0.25) is 0 Å². The zero-order valence-corrected chi connectivity index (χ0v) is 13.6. The van der Waals surface area contributed by atoms with Crippen molar-refractivity contribution in [1.82, 2.24) is 0 Å². The Morgan fingerprint density at radius 2 is 1.68 bits per heavy atom. The summed E-state index contributed by atoms with van der Waals surface area (Å²) in [7, 11) is 0. The minimum Gasteiger partial charge on any atom is -0.275 e. The molecule has 1 N–H and O–H groups in total. The monoisotopic (exact) mass is 357 g/mol. The summed E-state index contributed by atoms with van der Waals surface area (Å²) in [6, 6.07) is 9.16. The fourth-order valence-electron chi connectivity index (χ4n) is 1.68. The predicted molar refractivity (Wildman–Crippen MR) is 90.4 cm³/mol. The van der Waals surface area contributed by atoms with Crippen molar-refractivity contribution >= 4 is 51.9 Å². The van der Waals surface area contributed by atoms with Gasteiger partial charge in [-0.15, -0.1) is 0 Å². The largest absolute Gasteiger partial charge is 0.275 e. The van der Waals surface area contributed by atoms with Gasteiger partial charge < -0.3 is 0 Å². The zero-order valence-electron chi connectivity index (χ0n) is 11.3. The second kappa shape index (κ2) is 6.96. The highest BCUT2D eigenvalue weighted by molar-refractivity contribution is 6.41. The molecule has 0 amide bonds. The fraction of sp³-hybridized carbons (Fsp3) is 0.0714. The summed E-state index contributed by atoms with van der Waals surface area (Å²) in [5, 5.41) is 15.9. The van der Waals surface area contributed by atoms with Gasteiger partial charge in [-0.25, -0.2) is 0 Å². The molecular formula is C14H10Cl3N3O2. The van der Waals surface area contributed by atoms with Gasteiger partial charge in [-0.3, -0.25) is 15.5 Å². The maximum absolute atomic E-state index is 10.6. The van der Waals surface area contributed by atoms with E-state index in [4.69, 9.17) is 34.8 Å². The molecule has 0 aliphatic heterocycles. The zero-order chi connectivity index (χ0) is 16.3. The Morgan fingerprint density at radius 1 is 1.14 bits per heavy atom. The second-order valence-corrected chi connectivity index (χ2v) is 5.61. The number of nitro benzene ring substituents is 1. The van der Waals surface area contributed by atoms with Gasteiger partial charge in [-0.05, 0) is 36.8 Å². The smallest absolute Gasteiger partial charge is 0.269 e. The fourth-order valence-corrected chi connectivity index (χ4v) is 2.58. The molecule has 0 atom stereocenters. The number of nitrogens with one attached hydrogen (secondary N) is 1. The van der Waals surface area contributed by atoms with Gasteiger partial charge in [0, 0.05) is 17.2 Å². The Morgan fingerprint density at radius 3 is 2.18 bits per heavy atom. The van der Waals surface area contributed by atoms with Crippen LogP contribution < -0.4 is 5.43 Å². The molecule has 0 radical (unpaired) electrons. The van der Waals surface area contributed by atoms with Crippen molar-refractivity contribution in [2.24, 2.45) is 5.10 Å². The number of anilines is 1. The Bertz CT molecular complexity index is 722. The quantitative estimate of drug-likeness (QED) is 0.452. The van der Waals surface area contributed by atoms with Crippen molar-refractivity contribution in [1.29, 1.82) is 0 Å². The maximum Gasteiger partial charge on any atom is 0.269 e. The first-order chi connectivity index (χ1) is 10.4. The van der Waals surface area contributed by atoms with Crippen molar-refractivity contribution in [3.05, 3.63) is 67.1 Å². The normalized spacial score (nSPS) is 11.4. The first kappa shape index (κ1) is 16.5. The van der Waals surface area contributed by atoms with E-state index in [1.54, 1.807) is 31.2 Å². The van der Waals surface area contributed by atoms with E-state index in [0.717, 1.165) is 5.56 Å². The van der Waals surface area contributed by atoms with Crippen LogP contribution in [0.3, 0.4) is 0 Å². The van der Waals surface area contributed by atoms with Crippen LogP contribution >= 0.6 is 34.8 Å². The van der Waals surface area contributed by atoms with Crippen LogP contribution in [0.4, 0.5) is 11.4 Å². The molecule has 0 saturated heterocycles. The lowest BCUT2D eigenvalue weighted by Gasteiger charge is -2.08. The lowest BCUT2D eigenvalue weighted by atomic mass is 10.1. The van der Waals surface area contributed by atoms with Gasteiger partial charge in [0.25, 0.3) is 5.69 Å². The second-order valence-electron chi connectivity index (χ2n) is 4.36. The van der Waals surface area contributed by atoms with Gasteiger partial charge in [-0.1, -0.05) is 34.8 Å². The van der Waals surface area contributed by atoms with Gasteiger partial charge in [0.05, 0.1) is 26.4 Å². The van der Waals surface area contributed by atoms with Crippen LogP contribution in [-0.4, -0.2) is 10.6 Å². The van der Waals surface area contributed by atoms with Crippen LogP contribution in [0.25, 0.3) is 0 Å². The van der Waals surface area contributed by atoms with Crippen molar-refractivity contribution in [2.75, 3.05) is 5.43 Å². The molecule has 114 valence electrons. The van der Waals surface area contributed by atoms with E-state index in [1.165, 1.54) is 12.1 Å². The molecule has 22 heavy (non-hydrogen) atoms. The Hall–Kier alpha value is -1.82. The number of rotatable bonds is 4. The molecule has 8 heteroatoms. The summed E-state index contributed by atoms with van der Waals surface area (Å²) < 4.78 is 0. The molecule has 2 rings (SSSR count). The highest BCUT2D eigenvalue weighted by Gasteiger charge is 2.08. The number of halogens is 3. The number of nitrogens with zero attached hydrogens (tertiary/aromatic N) is 2. The number of benzene rings is 2. The Kier molecular flexibility index (Phi) is 5.24. The van der Waals surface area contributed by atoms with E-state index in [2.05, 4.69) is 10.5 Å². The average molecular weight is 359 g/mol. The molecular weight excluding hydrogens is 349 g/mol. The van der Waals surface area contributed by atoms with Gasteiger partial charge in [0.15, 0.2) is 0 Å². The number of hydrogen-bond acceptors (Lipinski definition) is 4.